The predicted octanol–water partition coefficient (Wildman–Crippen LogP) is 8.53. The Balaban J connectivity index is 4.17. The maximum absolute atomic E-state index is 11.7. The summed E-state index contributed by atoms with van der Waals surface area (Å²) in [6, 6.07) is 0. The Labute approximate surface area is 169 Å². The molecule has 0 saturated heterocycles. The topological polar surface area (TPSA) is 17.1 Å². The van der Waals surface area contributed by atoms with Gasteiger partial charge in [0.15, 0.2) is 0 Å². The largest absolute Gasteiger partial charge is 0.299 e. The minimum atomic E-state index is 0.166. The zero-order valence-electron chi connectivity index (χ0n) is 19.2. The summed E-state index contributed by atoms with van der Waals surface area (Å²) in [5.41, 5.74) is 5.90. The van der Waals surface area contributed by atoms with E-state index in [9.17, 15) is 4.79 Å². The van der Waals surface area contributed by atoms with E-state index in [1.54, 1.807) is 0 Å². The van der Waals surface area contributed by atoms with E-state index in [1.807, 2.05) is 13.8 Å². The molecule has 0 fully saturated rings. The van der Waals surface area contributed by atoms with Crippen LogP contribution in [0.15, 0.2) is 46.6 Å². The van der Waals surface area contributed by atoms with Crippen LogP contribution < -0.4 is 0 Å². The molecule has 0 aromatic rings. The van der Waals surface area contributed by atoms with Gasteiger partial charge in [-0.05, 0) is 79.1 Å². The Kier molecular flexibility index (Phi) is 14.9. The standard InChI is InChI=1S/C26H44O/c1-8-25(19-12-20-26(27)22(4)5)18-11-17-24(7)16-10-15-23(6)14-9-13-21(2)3/h13,15,17,19,22H,8-12,14,16,18,20H2,1-7H3/b23-15+,24-17+,25-19?. The second kappa shape index (κ2) is 15.7. The molecule has 0 unspecified atom stereocenters. The van der Waals surface area contributed by atoms with Crippen LogP contribution in [0, 0.1) is 5.92 Å². The molecular formula is C26H44O. The van der Waals surface area contributed by atoms with Gasteiger partial charge in [-0.1, -0.05) is 67.4 Å². The molecule has 27 heavy (non-hydrogen) atoms. The molecule has 0 radical (unpaired) electrons. The highest BCUT2D eigenvalue weighted by atomic mass is 16.1. The first-order valence-electron chi connectivity index (χ1n) is 10.9. The summed E-state index contributed by atoms with van der Waals surface area (Å²) in [5, 5.41) is 0. The lowest BCUT2D eigenvalue weighted by atomic mass is 10.0. The van der Waals surface area contributed by atoms with Crippen LogP contribution in [0.4, 0.5) is 0 Å². The number of hydrogen-bond donors (Lipinski definition) is 0. The average molecular weight is 373 g/mol. The molecule has 0 N–H and O–H groups in total. The molecule has 0 heterocycles. The Hall–Kier alpha value is -1.37. The van der Waals surface area contributed by atoms with Crippen molar-refractivity contribution in [1.82, 2.24) is 0 Å². The number of ketones is 1. The summed E-state index contributed by atoms with van der Waals surface area (Å²) >= 11 is 0. The van der Waals surface area contributed by atoms with Crippen molar-refractivity contribution in [1.29, 1.82) is 0 Å². The van der Waals surface area contributed by atoms with Crippen molar-refractivity contribution in [3.8, 4) is 0 Å². The lowest BCUT2D eigenvalue weighted by molar-refractivity contribution is -0.121. The molecule has 0 aliphatic carbocycles. The fourth-order valence-corrected chi connectivity index (χ4v) is 2.97. The SMILES string of the molecule is CCC(=CCCC(=O)C(C)C)CC/C=C(\C)CC/C=C(\C)CCC=C(C)C. The van der Waals surface area contributed by atoms with Gasteiger partial charge in [0, 0.05) is 12.3 Å². The van der Waals surface area contributed by atoms with Crippen molar-refractivity contribution in [2.75, 3.05) is 0 Å². The molecule has 1 nitrogen and oxygen atoms in total. The number of carbonyl (C=O) groups excluding carboxylic acids is 1. The van der Waals surface area contributed by atoms with Gasteiger partial charge in [0.2, 0.25) is 0 Å². The summed E-state index contributed by atoms with van der Waals surface area (Å²) in [7, 11) is 0. The van der Waals surface area contributed by atoms with Gasteiger partial charge in [0.25, 0.3) is 0 Å². The van der Waals surface area contributed by atoms with Crippen LogP contribution in [0.5, 0.6) is 0 Å². The van der Waals surface area contributed by atoms with Gasteiger partial charge in [-0.3, -0.25) is 4.79 Å². The number of carbonyl (C=O) groups is 1. The fraction of sp³-hybridized carbons (Fsp3) is 0.654. The highest BCUT2D eigenvalue weighted by Crippen LogP contribution is 2.16. The molecule has 154 valence electrons. The van der Waals surface area contributed by atoms with Crippen LogP contribution >= 0.6 is 0 Å². The average Bonchev–Trinajstić information content (AvgIpc) is 2.59. The minimum Gasteiger partial charge on any atom is -0.299 e. The van der Waals surface area contributed by atoms with E-state index in [-0.39, 0.29) is 5.92 Å². The summed E-state index contributed by atoms with van der Waals surface area (Å²) in [5.74, 6) is 0.542. The minimum absolute atomic E-state index is 0.166. The molecule has 0 rings (SSSR count). The van der Waals surface area contributed by atoms with Crippen molar-refractivity contribution in [3.05, 3.63) is 46.6 Å². The highest BCUT2D eigenvalue weighted by Gasteiger charge is 2.05. The second-order valence-corrected chi connectivity index (χ2v) is 8.37. The smallest absolute Gasteiger partial charge is 0.135 e. The number of allylic oxidation sites excluding steroid dienone is 8. The van der Waals surface area contributed by atoms with Crippen molar-refractivity contribution >= 4 is 5.78 Å². The number of hydrogen-bond acceptors (Lipinski definition) is 1. The first-order chi connectivity index (χ1) is 12.8. The van der Waals surface area contributed by atoms with Gasteiger partial charge in [-0.15, -0.1) is 0 Å². The van der Waals surface area contributed by atoms with Gasteiger partial charge in [-0.25, -0.2) is 0 Å². The molecule has 0 atom stereocenters. The van der Waals surface area contributed by atoms with Gasteiger partial charge in [0.05, 0.1) is 0 Å². The predicted molar refractivity (Wildman–Crippen MR) is 122 cm³/mol. The van der Waals surface area contributed by atoms with E-state index in [0.29, 0.717) is 12.2 Å². The number of rotatable bonds is 14. The molecule has 0 aliphatic heterocycles. The summed E-state index contributed by atoms with van der Waals surface area (Å²) < 4.78 is 0. The Morgan fingerprint density at radius 1 is 0.704 bits per heavy atom. The van der Waals surface area contributed by atoms with E-state index >= 15 is 0 Å². The van der Waals surface area contributed by atoms with Gasteiger partial charge < -0.3 is 0 Å². The molecule has 0 aromatic heterocycles. The quantitative estimate of drug-likeness (QED) is 0.279. The molecule has 0 aliphatic rings. The van der Waals surface area contributed by atoms with E-state index < -0.39 is 0 Å². The van der Waals surface area contributed by atoms with E-state index in [2.05, 4.69) is 58.9 Å². The van der Waals surface area contributed by atoms with Crippen LogP contribution in [0.2, 0.25) is 0 Å². The van der Waals surface area contributed by atoms with Crippen LogP contribution in [-0.4, -0.2) is 5.78 Å². The summed E-state index contributed by atoms with van der Waals surface area (Å²) in [4.78, 5) is 11.7. The Bertz CT molecular complexity index is 537. The van der Waals surface area contributed by atoms with Crippen LogP contribution in [0.25, 0.3) is 0 Å². The van der Waals surface area contributed by atoms with Crippen LogP contribution in [-0.2, 0) is 4.79 Å². The van der Waals surface area contributed by atoms with Gasteiger partial charge in [0.1, 0.15) is 5.78 Å². The van der Waals surface area contributed by atoms with Crippen molar-refractivity contribution in [2.24, 2.45) is 5.92 Å². The van der Waals surface area contributed by atoms with Crippen molar-refractivity contribution < 1.29 is 4.79 Å². The van der Waals surface area contributed by atoms with E-state index in [1.165, 1.54) is 28.7 Å². The van der Waals surface area contributed by atoms with Gasteiger partial charge in [-0.2, -0.15) is 0 Å². The van der Waals surface area contributed by atoms with Crippen molar-refractivity contribution in [3.63, 3.8) is 0 Å². The maximum atomic E-state index is 11.7. The first-order valence-corrected chi connectivity index (χ1v) is 10.9. The fourth-order valence-electron chi connectivity index (χ4n) is 2.97. The second-order valence-electron chi connectivity index (χ2n) is 8.37. The van der Waals surface area contributed by atoms with Crippen LogP contribution in [0.1, 0.15) is 106 Å². The molecule has 0 spiro atoms. The third kappa shape index (κ3) is 15.4. The number of Topliss-reactive ketones (excluding diaryl/α,β-unsaturated/α-hetero) is 1. The molecule has 0 aromatic carbocycles. The van der Waals surface area contributed by atoms with E-state index in [0.717, 1.165) is 44.9 Å². The van der Waals surface area contributed by atoms with Crippen molar-refractivity contribution in [2.45, 2.75) is 106 Å². The third-order valence-corrected chi connectivity index (χ3v) is 5.00. The zero-order chi connectivity index (χ0) is 20.7. The Morgan fingerprint density at radius 2 is 1.19 bits per heavy atom. The molecule has 0 saturated carbocycles. The monoisotopic (exact) mass is 372 g/mol. The molecule has 0 amide bonds. The first kappa shape index (κ1) is 25.6. The zero-order valence-corrected chi connectivity index (χ0v) is 19.2. The molecular weight excluding hydrogens is 328 g/mol. The normalized spacial score (nSPS) is 13.3. The molecule has 1 heteroatoms. The lowest BCUT2D eigenvalue weighted by Gasteiger charge is -2.05. The highest BCUT2D eigenvalue weighted by molar-refractivity contribution is 5.80. The van der Waals surface area contributed by atoms with E-state index in [4.69, 9.17) is 0 Å². The van der Waals surface area contributed by atoms with Crippen LogP contribution in [0.3, 0.4) is 0 Å². The summed E-state index contributed by atoms with van der Waals surface area (Å²) in [6.07, 6.45) is 19.0. The van der Waals surface area contributed by atoms with Gasteiger partial charge >= 0.3 is 0 Å². The Morgan fingerprint density at radius 3 is 1.67 bits per heavy atom. The maximum Gasteiger partial charge on any atom is 0.135 e. The molecule has 0 bridgehead atoms. The lowest BCUT2D eigenvalue weighted by Crippen LogP contribution is -2.05. The third-order valence-electron chi connectivity index (χ3n) is 5.00. The summed E-state index contributed by atoms with van der Waals surface area (Å²) in [6.45, 7) is 15.0.